The molecular formula is C10H18. The molecule has 0 nitrogen and oxygen atoms in total. The second-order valence-corrected chi connectivity index (χ2v) is 4.88. The van der Waals surface area contributed by atoms with Crippen molar-refractivity contribution in [1.29, 1.82) is 0 Å². The number of hydrogen-bond donors (Lipinski definition) is 0. The van der Waals surface area contributed by atoms with E-state index in [1.807, 2.05) is 0 Å². The van der Waals surface area contributed by atoms with E-state index in [1.54, 1.807) is 0 Å². The Balaban J connectivity index is 2.25. The summed E-state index contributed by atoms with van der Waals surface area (Å²) in [4.78, 5) is 0. The van der Waals surface area contributed by atoms with Crippen molar-refractivity contribution in [3.63, 3.8) is 0 Å². The third-order valence-electron chi connectivity index (χ3n) is 4.41. The van der Waals surface area contributed by atoms with Gasteiger partial charge in [0.2, 0.25) is 0 Å². The van der Waals surface area contributed by atoms with E-state index in [-0.39, 0.29) is 0 Å². The fourth-order valence-corrected chi connectivity index (χ4v) is 3.13. The quantitative estimate of drug-likeness (QED) is 0.482. The van der Waals surface area contributed by atoms with Crippen LogP contribution in [0, 0.1) is 23.2 Å². The van der Waals surface area contributed by atoms with E-state index in [9.17, 15) is 0 Å². The van der Waals surface area contributed by atoms with Crippen molar-refractivity contribution >= 4 is 0 Å². The normalized spacial score (nSPS) is 50.1. The molecule has 58 valence electrons. The molecule has 0 aromatic rings. The molecule has 2 aliphatic carbocycles. The summed E-state index contributed by atoms with van der Waals surface area (Å²) >= 11 is 0. The van der Waals surface area contributed by atoms with Gasteiger partial charge in [0, 0.05) is 0 Å². The molecule has 2 bridgehead atoms. The van der Waals surface area contributed by atoms with Crippen LogP contribution in [0.1, 0.15) is 40.0 Å². The molecule has 0 aromatic heterocycles. The zero-order valence-electron chi connectivity index (χ0n) is 7.35. The van der Waals surface area contributed by atoms with Crippen LogP contribution in [-0.2, 0) is 0 Å². The van der Waals surface area contributed by atoms with Gasteiger partial charge in [-0.3, -0.25) is 0 Å². The third-order valence-corrected chi connectivity index (χ3v) is 4.41. The van der Waals surface area contributed by atoms with Gasteiger partial charge in [0.15, 0.2) is 0 Å². The smallest absolute Gasteiger partial charge is 0.0297 e. The van der Waals surface area contributed by atoms with Gasteiger partial charge in [0.05, 0.1) is 0 Å². The lowest BCUT2D eigenvalue weighted by Gasteiger charge is -2.35. The molecular weight excluding hydrogens is 120 g/mol. The highest BCUT2D eigenvalue weighted by atomic mass is 14.5. The molecule has 0 spiro atoms. The van der Waals surface area contributed by atoms with Crippen LogP contribution >= 0.6 is 0 Å². The zero-order valence-corrected chi connectivity index (χ0v) is 7.35. The highest BCUT2D eigenvalue weighted by molar-refractivity contribution is 4.99. The molecule has 0 heterocycles. The van der Waals surface area contributed by atoms with Gasteiger partial charge in [0.1, 0.15) is 0 Å². The largest absolute Gasteiger partial charge is 0.0617 e. The molecule has 0 amide bonds. The van der Waals surface area contributed by atoms with Gasteiger partial charge in [-0.15, -0.1) is 0 Å². The summed E-state index contributed by atoms with van der Waals surface area (Å²) in [5.41, 5.74) is 0.670. The molecule has 0 heteroatoms. The second kappa shape index (κ2) is 1.78. The zero-order chi connectivity index (χ0) is 7.35. The van der Waals surface area contributed by atoms with Crippen molar-refractivity contribution < 1.29 is 0 Å². The first-order valence-corrected chi connectivity index (χ1v) is 4.62. The molecule has 2 aliphatic rings. The van der Waals surface area contributed by atoms with Crippen molar-refractivity contribution in [2.75, 3.05) is 0 Å². The van der Waals surface area contributed by atoms with Crippen LogP contribution in [0.4, 0.5) is 0 Å². The minimum Gasteiger partial charge on any atom is -0.0617 e. The maximum atomic E-state index is 2.46. The van der Waals surface area contributed by atoms with Gasteiger partial charge < -0.3 is 0 Å². The van der Waals surface area contributed by atoms with Crippen molar-refractivity contribution in [2.24, 2.45) is 23.2 Å². The fourth-order valence-electron chi connectivity index (χ4n) is 3.13. The van der Waals surface area contributed by atoms with Gasteiger partial charge in [0.25, 0.3) is 0 Å². The number of hydrogen-bond acceptors (Lipinski definition) is 0. The Morgan fingerprint density at radius 2 is 1.90 bits per heavy atom. The maximum Gasteiger partial charge on any atom is -0.0297 e. The van der Waals surface area contributed by atoms with Gasteiger partial charge >= 0.3 is 0 Å². The van der Waals surface area contributed by atoms with Crippen molar-refractivity contribution in [3.8, 4) is 0 Å². The standard InChI is InChI=1S/C10H18/c1-7-8-4-5-9(6-8)10(7,2)3/h7-9H,4-6H2,1-3H3/t7?,8-,9+/m0/s1. The fraction of sp³-hybridized carbons (Fsp3) is 1.00. The van der Waals surface area contributed by atoms with Gasteiger partial charge in [-0.1, -0.05) is 20.8 Å². The lowest BCUT2D eigenvalue weighted by atomic mass is 9.70. The van der Waals surface area contributed by atoms with E-state index in [4.69, 9.17) is 0 Å². The highest BCUT2D eigenvalue weighted by Crippen LogP contribution is 2.58. The second-order valence-electron chi connectivity index (χ2n) is 4.88. The monoisotopic (exact) mass is 138 g/mol. The first-order valence-electron chi connectivity index (χ1n) is 4.62. The Hall–Kier alpha value is 0. The molecule has 2 saturated carbocycles. The molecule has 0 N–H and O–H groups in total. The molecule has 0 radical (unpaired) electrons. The summed E-state index contributed by atoms with van der Waals surface area (Å²) in [6, 6.07) is 0. The van der Waals surface area contributed by atoms with Crippen LogP contribution in [0.2, 0.25) is 0 Å². The van der Waals surface area contributed by atoms with E-state index in [2.05, 4.69) is 20.8 Å². The molecule has 0 aliphatic heterocycles. The Kier molecular flexibility index (Phi) is 1.19. The van der Waals surface area contributed by atoms with Gasteiger partial charge in [-0.2, -0.15) is 0 Å². The summed E-state index contributed by atoms with van der Waals surface area (Å²) in [7, 11) is 0. The van der Waals surface area contributed by atoms with E-state index in [0.717, 1.165) is 17.8 Å². The summed E-state index contributed by atoms with van der Waals surface area (Å²) in [6.45, 7) is 7.37. The Morgan fingerprint density at radius 3 is 2.20 bits per heavy atom. The molecule has 0 saturated heterocycles. The van der Waals surface area contributed by atoms with Crippen molar-refractivity contribution in [1.82, 2.24) is 0 Å². The summed E-state index contributed by atoms with van der Waals surface area (Å²) in [5.74, 6) is 3.14. The Bertz CT molecular complexity index is 142. The topological polar surface area (TPSA) is 0 Å². The van der Waals surface area contributed by atoms with Crippen LogP contribution in [0.3, 0.4) is 0 Å². The molecule has 1 unspecified atom stereocenters. The van der Waals surface area contributed by atoms with Crippen molar-refractivity contribution in [3.05, 3.63) is 0 Å². The average Bonchev–Trinajstić information content (AvgIpc) is 2.37. The average molecular weight is 138 g/mol. The predicted octanol–water partition coefficient (Wildman–Crippen LogP) is 3.08. The summed E-state index contributed by atoms with van der Waals surface area (Å²) in [6.07, 6.45) is 4.57. The van der Waals surface area contributed by atoms with Crippen LogP contribution in [0.5, 0.6) is 0 Å². The van der Waals surface area contributed by atoms with Crippen LogP contribution in [-0.4, -0.2) is 0 Å². The van der Waals surface area contributed by atoms with Gasteiger partial charge in [-0.25, -0.2) is 0 Å². The molecule has 10 heavy (non-hydrogen) atoms. The lowest BCUT2D eigenvalue weighted by Crippen LogP contribution is -2.28. The SMILES string of the molecule is CC1[C@H]2CC[C@H](C2)C1(C)C. The van der Waals surface area contributed by atoms with Crippen LogP contribution in [0.15, 0.2) is 0 Å². The minimum absolute atomic E-state index is 0.670. The van der Waals surface area contributed by atoms with Gasteiger partial charge in [-0.05, 0) is 42.4 Å². The van der Waals surface area contributed by atoms with Crippen LogP contribution < -0.4 is 0 Å². The number of rotatable bonds is 0. The summed E-state index contributed by atoms with van der Waals surface area (Å²) in [5, 5.41) is 0. The first-order chi connectivity index (χ1) is 4.62. The van der Waals surface area contributed by atoms with E-state index in [1.165, 1.54) is 19.3 Å². The highest BCUT2D eigenvalue weighted by Gasteiger charge is 2.50. The van der Waals surface area contributed by atoms with E-state index in [0.29, 0.717) is 5.41 Å². The molecule has 2 fully saturated rings. The Morgan fingerprint density at radius 1 is 1.20 bits per heavy atom. The molecule has 0 aromatic carbocycles. The lowest BCUT2D eigenvalue weighted by molar-refractivity contribution is 0.137. The molecule has 2 rings (SSSR count). The predicted molar refractivity (Wildman–Crippen MR) is 43.8 cm³/mol. The maximum absolute atomic E-state index is 2.46. The first kappa shape index (κ1) is 6.69. The molecule has 3 atom stereocenters. The van der Waals surface area contributed by atoms with E-state index < -0.39 is 0 Å². The van der Waals surface area contributed by atoms with Crippen LogP contribution in [0.25, 0.3) is 0 Å². The Labute approximate surface area is 64.0 Å². The van der Waals surface area contributed by atoms with E-state index >= 15 is 0 Å². The summed E-state index contributed by atoms with van der Waals surface area (Å²) < 4.78 is 0. The number of fused-ring (bicyclic) bond motifs is 2. The third kappa shape index (κ3) is 0.627. The van der Waals surface area contributed by atoms with Crippen molar-refractivity contribution in [2.45, 2.75) is 40.0 Å². The minimum atomic E-state index is 0.670.